The molecule has 2 aromatic carbocycles. The van der Waals surface area contributed by atoms with Crippen LogP contribution in [0.15, 0.2) is 48.5 Å². The van der Waals surface area contributed by atoms with Gasteiger partial charge in [0.15, 0.2) is 6.61 Å². The normalized spacial score (nSPS) is 18.9. The molecule has 0 bridgehead atoms. The van der Waals surface area contributed by atoms with E-state index in [0.29, 0.717) is 24.7 Å². The number of benzene rings is 2. The molecule has 4 rings (SSSR count). The second kappa shape index (κ2) is 9.96. The van der Waals surface area contributed by atoms with Gasteiger partial charge in [0, 0.05) is 24.7 Å². The first-order valence-electron chi connectivity index (χ1n) is 11.3. The Bertz CT molecular complexity index is 912. The number of nitrogens with zero attached hydrogens (tertiary/aromatic N) is 2. The Balaban J connectivity index is 1.28. The first-order chi connectivity index (χ1) is 15.1. The Morgan fingerprint density at radius 1 is 1.13 bits per heavy atom. The largest absolute Gasteiger partial charge is 0.482 e. The van der Waals surface area contributed by atoms with Gasteiger partial charge in [-0.3, -0.25) is 9.59 Å². The van der Waals surface area contributed by atoms with Crippen molar-refractivity contribution in [2.45, 2.75) is 45.2 Å². The summed E-state index contributed by atoms with van der Waals surface area (Å²) in [6.07, 6.45) is 4.86. The molecule has 0 aromatic heterocycles. The summed E-state index contributed by atoms with van der Waals surface area (Å²) in [5.41, 5.74) is 2.40. The first-order valence-corrected chi connectivity index (χ1v) is 11.3. The van der Waals surface area contributed by atoms with E-state index in [1.54, 1.807) is 4.90 Å². The fraction of sp³-hybridized carbons (Fsp3) is 0.440. The maximum absolute atomic E-state index is 12.5. The van der Waals surface area contributed by atoms with E-state index in [9.17, 15) is 9.59 Å². The van der Waals surface area contributed by atoms with E-state index in [1.165, 1.54) is 25.8 Å². The van der Waals surface area contributed by atoms with Gasteiger partial charge < -0.3 is 19.9 Å². The fourth-order valence-electron chi connectivity index (χ4n) is 4.35. The van der Waals surface area contributed by atoms with Gasteiger partial charge >= 0.3 is 0 Å². The molecule has 2 heterocycles. The molecule has 2 amide bonds. The molecule has 1 saturated heterocycles. The Kier molecular flexibility index (Phi) is 6.87. The van der Waals surface area contributed by atoms with Crippen LogP contribution < -0.4 is 15.0 Å². The van der Waals surface area contributed by atoms with Gasteiger partial charge in [0.1, 0.15) is 5.75 Å². The smallest absolute Gasteiger partial charge is 0.265 e. The van der Waals surface area contributed by atoms with Crippen LogP contribution in [0.25, 0.3) is 0 Å². The number of fused-ring (bicyclic) bond motifs is 1. The zero-order valence-electron chi connectivity index (χ0n) is 18.2. The monoisotopic (exact) mass is 421 g/mol. The lowest BCUT2D eigenvalue weighted by molar-refractivity contribution is -0.121. The molecular weight excluding hydrogens is 390 g/mol. The average Bonchev–Trinajstić information content (AvgIpc) is 2.80. The molecule has 0 spiro atoms. The molecule has 6 heteroatoms. The molecule has 1 fully saturated rings. The van der Waals surface area contributed by atoms with E-state index in [1.807, 2.05) is 48.5 Å². The topological polar surface area (TPSA) is 61.9 Å². The molecule has 0 saturated carbocycles. The summed E-state index contributed by atoms with van der Waals surface area (Å²) in [6, 6.07) is 15.7. The van der Waals surface area contributed by atoms with Crippen molar-refractivity contribution in [1.82, 2.24) is 10.2 Å². The van der Waals surface area contributed by atoms with E-state index in [2.05, 4.69) is 17.1 Å². The number of hydrogen-bond donors (Lipinski definition) is 1. The van der Waals surface area contributed by atoms with Gasteiger partial charge in [-0.15, -0.1) is 0 Å². The Labute approximate surface area is 184 Å². The van der Waals surface area contributed by atoms with E-state index in [4.69, 9.17) is 4.74 Å². The quantitative estimate of drug-likeness (QED) is 0.694. The summed E-state index contributed by atoms with van der Waals surface area (Å²) >= 11 is 0. The van der Waals surface area contributed by atoms with Gasteiger partial charge in [-0.25, -0.2) is 0 Å². The van der Waals surface area contributed by atoms with Crippen molar-refractivity contribution in [2.24, 2.45) is 0 Å². The predicted octanol–water partition coefficient (Wildman–Crippen LogP) is 3.61. The van der Waals surface area contributed by atoms with Gasteiger partial charge in [0.2, 0.25) is 0 Å². The highest BCUT2D eigenvalue weighted by Gasteiger charge is 2.25. The summed E-state index contributed by atoms with van der Waals surface area (Å²) < 4.78 is 5.50. The van der Waals surface area contributed by atoms with Crippen molar-refractivity contribution in [2.75, 3.05) is 31.1 Å². The van der Waals surface area contributed by atoms with Gasteiger partial charge in [-0.2, -0.15) is 0 Å². The van der Waals surface area contributed by atoms with Crippen LogP contribution in [-0.4, -0.2) is 49.0 Å². The number of anilines is 1. The van der Waals surface area contributed by atoms with Gasteiger partial charge in [0.25, 0.3) is 11.8 Å². The Hall–Kier alpha value is -2.86. The van der Waals surface area contributed by atoms with Crippen molar-refractivity contribution in [3.8, 4) is 5.75 Å². The van der Waals surface area contributed by atoms with Crippen molar-refractivity contribution in [1.29, 1.82) is 0 Å². The van der Waals surface area contributed by atoms with E-state index < -0.39 is 0 Å². The molecule has 2 aliphatic heterocycles. The van der Waals surface area contributed by atoms with Crippen LogP contribution in [0.3, 0.4) is 0 Å². The maximum atomic E-state index is 12.5. The van der Waals surface area contributed by atoms with Crippen LogP contribution in [-0.2, 0) is 11.3 Å². The zero-order chi connectivity index (χ0) is 21.6. The van der Waals surface area contributed by atoms with E-state index in [-0.39, 0.29) is 18.4 Å². The second-order valence-corrected chi connectivity index (χ2v) is 8.42. The van der Waals surface area contributed by atoms with Gasteiger partial charge in [0.05, 0.1) is 12.2 Å². The summed E-state index contributed by atoms with van der Waals surface area (Å²) in [6.45, 7) is 5.69. The van der Waals surface area contributed by atoms with Crippen molar-refractivity contribution < 1.29 is 14.3 Å². The number of piperidine rings is 1. The van der Waals surface area contributed by atoms with Crippen LogP contribution >= 0.6 is 0 Å². The average molecular weight is 422 g/mol. The lowest BCUT2D eigenvalue weighted by Crippen LogP contribution is -2.39. The third-order valence-electron chi connectivity index (χ3n) is 6.21. The molecular formula is C25H31N3O3. The molecule has 2 aromatic rings. The molecule has 1 atom stereocenters. The van der Waals surface area contributed by atoms with E-state index >= 15 is 0 Å². The number of para-hydroxylation sites is 2. The number of nitrogens with one attached hydrogen (secondary N) is 1. The van der Waals surface area contributed by atoms with Crippen molar-refractivity contribution >= 4 is 17.5 Å². The van der Waals surface area contributed by atoms with Gasteiger partial charge in [-0.05, 0) is 62.6 Å². The summed E-state index contributed by atoms with van der Waals surface area (Å²) in [4.78, 5) is 29.1. The Morgan fingerprint density at radius 2 is 1.94 bits per heavy atom. The number of ether oxygens (including phenoxy) is 1. The molecule has 164 valence electrons. The number of carbonyl (C=O) groups excluding carboxylic acids is 2. The Morgan fingerprint density at radius 3 is 2.74 bits per heavy atom. The molecule has 1 N–H and O–H groups in total. The van der Waals surface area contributed by atoms with Crippen LogP contribution in [0.2, 0.25) is 0 Å². The zero-order valence-corrected chi connectivity index (χ0v) is 18.2. The lowest BCUT2D eigenvalue weighted by Gasteiger charge is -2.33. The second-order valence-electron chi connectivity index (χ2n) is 8.42. The lowest BCUT2D eigenvalue weighted by atomic mass is 10.0. The molecule has 0 aliphatic carbocycles. The molecule has 6 nitrogen and oxygen atoms in total. The third-order valence-corrected chi connectivity index (χ3v) is 6.21. The number of rotatable bonds is 7. The first kappa shape index (κ1) is 21.4. The van der Waals surface area contributed by atoms with Crippen LogP contribution in [0, 0.1) is 0 Å². The number of amides is 2. The summed E-state index contributed by atoms with van der Waals surface area (Å²) in [5, 5.41) is 3.03. The number of hydrogen-bond acceptors (Lipinski definition) is 4. The molecule has 0 radical (unpaired) electrons. The fourth-order valence-corrected chi connectivity index (χ4v) is 4.35. The highest BCUT2D eigenvalue weighted by Crippen LogP contribution is 2.32. The van der Waals surface area contributed by atoms with E-state index in [0.717, 1.165) is 30.0 Å². The number of carbonyl (C=O) groups is 2. The third kappa shape index (κ3) is 5.25. The predicted molar refractivity (Wildman–Crippen MR) is 121 cm³/mol. The summed E-state index contributed by atoms with van der Waals surface area (Å²) in [5.74, 6) is 0.603. The highest BCUT2D eigenvalue weighted by atomic mass is 16.5. The maximum Gasteiger partial charge on any atom is 0.265 e. The van der Waals surface area contributed by atoms with Crippen molar-refractivity contribution in [3.63, 3.8) is 0 Å². The minimum atomic E-state index is -0.0662. The SMILES string of the molecule is C[C@H]1CCCCN1CCCNC(=O)c1ccc(CN2C(=O)COc3ccccc32)cc1. The highest BCUT2D eigenvalue weighted by molar-refractivity contribution is 5.98. The molecule has 31 heavy (non-hydrogen) atoms. The van der Waals surface area contributed by atoms with Crippen LogP contribution in [0.1, 0.15) is 48.5 Å². The molecule has 0 unspecified atom stereocenters. The van der Waals surface area contributed by atoms with Crippen LogP contribution in [0.5, 0.6) is 5.75 Å². The van der Waals surface area contributed by atoms with Gasteiger partial charge in [-0.1, -0.05) is 30.7 Å². The summed E-state index contributed by atoms with van der Waals surface area (Å²) in [7, 11) is 0. The minimum absolute atomic E-state index is 0.0493. The van der Waals surface area contributed by atoms with Crippen LogP contribution in [0.4, 0.5) is 5.69 Å². The standard InChI is InChI=1S/C25H31N3O3/c1-19-7-4-5-15-27(19)16-6-14-26-25(30)21-12-10-20(11-13-21)17-28-22-8-2-3-9-23(22)31-18-24(28)29/h2-3,8-13,19H,4-7,14-18H2,1H3,(H,26,30)/t19-/m0/s1. The van der Waals surface area contributed by atoms with Crippen molar-refractivity contribution in [3.05, 3.63) is 59.7 Å². The number of likely N-dealkylation sites (tertiary alicyclic amines) is 1. The minimum Gasteiger partial charge on any atom is -0.482 e. The molecule has 2 aliphatic rings.